The van der Waals surface area contributed by atoms with Crippen LogP contribution in [0.15, 0.2) is 11.7 Å². The highest BCUT2D eigenvalue weighted by Crippen LogP contribution is 2.21. The average Bonchev–Trinajstić information content (AvgIpc) is 2.90. The van der Waals surface area contributed by atoms with Crippen LogP contribution in [0.1, 0.15) is 38.5 Å². The van der Waals surface area contributed by atoms with Gasteiger partial charge in [0.2, 0.25) is 0 Å². The van der Waals surface area contributed by atoms with E-state index >= 15 is 0 Å². The summed E-state index contributed by atoms with van der Waals surface area (Å²) in [6.45, 7) is 9.35. The molecule has 1 fully saturated rings. The van der Waals surface area contributed by atoms with Gasteiger partial charge in [0.05, 0.1) is 5.51 Å². The van der Waals surface area contributed by atoms with Gasteiger partial charge in [0, 0.05) is 37.3 Å². The SMILES string of the molecule is CN(Cc1cncs1)CC1CCN(C(=O)OC(C)(C)C)CC1. The molecule has 22 heavy (non-hydrogen) atoms. The van der Waals surface area contributed by atoms with Crippen molar-refractivity contribution in [1.29, 1.82) is 0 Å². The number of hydrogen-bond donors (Lipinski definition) is 0. The number of nitrogens with zero attached hydrogens (tertiary/aromatic N) is 3. The van der Waals surface area contributed by atoms with Crippen molar-refractivity contribution in [3.05, 3.63) is 16.6 Å². The standard InChI is InChI=1S/C16H27N3O2S/c1-16(2,3)21-15(20)19-7-5-13(6-8-19)10-18(4)11-14-9-17-12-22-14/h9,12-13H,5-8,10-11H2,1-4H3. The fourth-order valence-electron chi connectivity index (χ4n) is 2.72. The van der Waals surface area contributed by atoms with Gasteiger partial charge in [0.15, 0.2) is 0 Å². The lowest BCUT2D eigenvalue weighted by Crippen LogP contribution is -2.43. The molecule has 0 spiro atoms. The molecule has 0 radical (unpaired) electrons. The molecular weight excluding hydrogens is 298 g/mol. The summed E-state index contributed by atoms with van der Waals surface area (Å²) in [7, 11) is 2.15. The largest absolute Gasteiger partial charge is 0.444 e. The van der Waals surface area contributed by atoms with Crippen LogP contribution in [0.2, 0.25) is 0 Å². The van der Waals surface area contributed by atoms with E-state index in [-0.39, 0.29) is 6.09 Å². The second-order valence-corrected chi connectivity index (χ2v) is 8.05. The van der Waals surface area contributed by atoms with E-state index in [2.05, 4.69) is 16.9 Å². The lowest BCUT2D eigenvalue weighted by atomic mass is 9.96. The van der Waals surface area contributed by atoms with E-state index in [0.29, 0.717) is 5.92 Å². The Kier molecular flexibility index (Phi) is 5.81. The number of carbonyl (C=O) groups excluding carboxylic acids is 1. The summed E-state index contributed by atoms with van der Waals surface area (Å²) in [5.74, 6) is 0.650. The number of aromatic nitrogens is 1. The van der Waals surface area contributed by atoms with E-state index in [1.807, 2.05) is 37.4 Å². The molecule has 1 saturated heterocycles. The molecule has 0 aromatic carbocycles. The van der Waals surface area contributed by atoms with E-state index in [0.717, 1.165) is 39.0 Å². The summed E-state index contributed by atoms with van der Waals surface area (Å²) in [4.78, 5) is 21.6. The highest BCUT2D eigenvalue weighted by Gasteiger charge is 2.27. The van der Waals surface area contributed by atoms with Gasteiger partial charge in [-0.15, -0.1) is 11.3 Å². The van der Waals surface area contributed by atoms with Crippen LogP contribution in [-0.4, -0.2) is 53.2 Å². The second-order valence-electron chi connectivity index (χ2n) is 7.08. The molecule has 0 bridgehead atoms. The van der Waals surface area contributed by atoms with Crippen LogP contribution in [0.5, 0.6) is 0 Å². The molecule has 1 amide bonds. The maximum atomic E-state index is 12.0. The minimum atomic E-state index is -0.414. The van der Waals surface area contributed by atoms with Crippen LogP contribution < -0.4 is 0 Å². The quantitative estimate of drug-likeness (QED) is 0.853. The van der Waals surface area contributed by atoms with Gasteiger partial charge in [0.1, 0.15) is 5.60 Å². The Hall–Kier alpha value is -1.14. The lowest BCUT2D eigenvalue weighted by molar-refractivity contribution is 0.0172. The summed E-state index contributed by atoms with van der Waals surface area (Å²) in [5, 5.41) is 0. The van der Waals surface area contributed by atoms with Gasteiger partial charge >= 0.3 is 6.09 Å². The Bertz CT molecular complexity index is 462. The number of likely N-dealkylation sites (tertiary alicyclic amines) is 1. The monoisotopic (exact) mass is 325 g/mol. The summed E-state index contributed by atoms with van der Waals surface area (Å²) in [6, 6.07) is 0. The highest BCUT2D eigenvalue weighted by molar-refractivity contribution is 7.09. The minimum Gasteiger partial charge on any atom is -0.444 e. The summed E-state index contributed by atoms with van der Waals surface area (Å²) < 4.78 is 5.43. The maximum Gasteiger partial charge on any atom is 0.410 e. The minimum absolute atomic E-state index is 0.177. The number of carbonyl (C=O) groups is 1. The zero-order valence-corrected chi connectivity index (χ0v) is 14.9. The molecule has 1 aliphatic rings. The second kappa shape index (κ2) is 7.42. The molecular formula is C16H27N3O2S. The summed E-state index contributed by atoms with van der Waals surface area (Å²) in [6.07, 6.45) is 3.86. The molecule has 0 N–H and O–H groups in total. The van der Waals surface area contributed by atoms with Gasteiger partial charge in [-0.2, -0.15) is 0 Å². The molecule has 0 aliphatic carbocycles. The Labute approximate surface area is 137 Å². The number of thiazole rings is 1. The first-order chi connectivity index (χ1) is 10.3. The molecule has 1 aliphatic heterocycles. The van der Waals surface area contributed by atoms with Gasteiger partial charge < -0.3 is 14.5 Å². The predicted molar refractivity (Wildman–Crippen MR) is 89.0 cm³/mol. The summed E-state index contributed by atoms with van der Waals surface area (Å²) >= 11 is 1.70. The van der Waals surface area contributed by atoms with Crippen LogP contribution in [0, 0.1) is 5.92 Å². The molecule has 1 aromatic heterocycles. The summed E-state index contributed by atoms with van der Waals surface area (Å²) in [5.41, 5.74) is 1.46. The van der Waals surface area contributed by atoms with E-state index in [1.54, 1.807) is 11.3 Å². The van der Waals surface area contributed by atoms with Gasteiger partial charge in [-0.3, -0.25) is 4.98 Å². The number of piperidine rings is 1. The zero-order chi connectivity index (χ0) is 16.2. The van der Waals surface area contributed by atoms with Crippen LogP contribution >= 0.6 is 11.3 Å². The van der Waals surface area contributed by atoms with Crippen LogP contribution in [0.25, 0.3) is 0 Å². The Morgan fingerprint density at radius 1 is 1.45 bits per heavy atom. The first kappa shape index (κ1) is 17.2. The van der Waals surface area contributed by atoms with Crippen molar-refractivity contribution >= 4 is 17.4 Å². The highest BCUT2D eigenvalue weighted by atomic mass is 32.1. The van der Waals surface area contributed by atoms with Crippen LogP contribution in [-0.2, 0) is 11.3 Å². The average molecular weight is 325 g/mol. The molecule has 0 atom stereocenters. The molecule has 6 heteroatoms. The van der Waals surface area contributed by atoms with E-state index in [9.17, 15) is 4.79 Å². The third-order valence-corrected chi connectivity index (χ3v) is 4.51. The van der Waals surface area contributed by atoms with Crippen molar-refractivity contribution in [2.45, 2.75) is 45.8 Å². The van der Waals surface area contributed by atoms with Crippen LogP contribution in [0.3, 0.4) is 0 Å². The van der Waals surface area contributed by atoms with E-state index in [1.165, 1.54) is 4.88 Å². The van der Waals surface area contributed by atoms with Crippen molar-refractivity contribution in [1.82, 2.24) is 14.8 Å². The van der Waals surface area contributed by atoms with Crippen molar-refractivity contribution in [2.24, 2.45) is 5.92 Å². The zero-order valence-electron chi connectivity index (χ0n) is 14.0. The van der Waals surface area contributed by atoms with Crippen molar-refractivity contribution in [3.8, 4) is 0 Å². The Balaban J connectivity index is 1.71. The predicted octanol–water partition coefficient (Wildman–Crippen LogP) is 3.22. The number of hydrogen-bond acceptors (Lipinski definition) is 5. The van der Waals surface area contributed by atoms with Gasteiger partial charge in [-0.05, 0) is 46.6 Å². The molecule has 0 saturated carbocycles. The molecule has 1 aromatic rings. The van der Waals surface area contributed by atoms with Crippen LogP contribution in [0.4, 0.5) is 4.79 Å². The van der Waals surface area contributed by atoms with Gasteiger partial charge in [-0.25, -0.2) is 4.79 Å². The molecule has 124 valence electrons. The third-order valence-electron chi connectivity index (χ3n) is 3.75. The fourth-order valence-corrected chi connectivity index (χ4v) is 3.39. The Morgan fingerprint density at radius 3 is 2.68 bits per heavy atom. The number of rotatable bonds is 4. The molecule has 2 heterocycles. The van der Waals surface area contributed by atoms with E-state index < -0.39 is 5.60 Å². The topological polar surface area (TPSA) is 45.7 Å². The number of amides is 1. The van der Waals surface area contributed by atoms with Gasteiger partial charge in [-0.1, -0.05) is 0 Å². The lowest BCUT2D eigenvalue weighted by Gasteiger charge is -2.34. The first-order valence-electron chi connectivity index (χ1n) is 7.87. The van der Waals surface area contributed by atoms with Gasteiger partial charge in [0.25, 0.3) is 0 Å². The molecule has 0 unspecified atom stereocenters. The number of ether oxygens (including phenoxy) is 1. The third kappa shape index (κ3) is 5.57. The van der Waals surface area contributed by atoms with Crippen molar-refractivity contribution in [3.63, 3.8) is 0 Å². The van der Waals surface area contributed by atoms with E-state index in [4.69, 9.17) is 4.74 Å². The molecule has 2 rings (SSSR count). The van der Waals surface area contributed by atoms with Crippen molar-refractivity contribution < 1.29 is 9.53 Å². The fraction of sp³-hybridized carbons (Fsp3) is 0.750. The first-order valence-corrected chi connectivity index (χ1v) is 8.75. The van der Waals surface area contributed by atoms with Crippen molar-refractivity contribution in [2.75, 3.05) is 26.7 Å². The normalized spacial score (nSPS) is 17.0. The Morgan fingerprint density at radius 2 is 2.14 bits per heavy atom. The smallest absolute Gasteiger partial charge is 0.410 e. The molecule has 5 nitrogen and oxygen atoms in total. The maximum absolute atomic E-state index is 12.0.